The van der Waals surface area contributed by atoms with Crippen LogP contribution in [-0.2, 0) is 20.1 Å². The lowest BCUT2D eigenvalue weighted by atomic mass is 9.74. The Hall–Kier alpha value is -12.0. The molecule has 0 N–H and O–H groups in total. The minimum Gasteiger partial charge on any atom is -0.399 e. The fraction of sp³-hybridized carbons (Fsp3) is 0.111. The molecule has 0 spiro atoms. The van der Waals surface area contributed by atoms with Crippen molar-refractivity contribution >= 4 is 158 Å². The molecular formula is C108H80BBrO2. The average Bonchev–Trinajstić information content (AvgIpc) is 1.52. The van der Waals surface area contributed by atoms with Crippen LogP contribution in [0.15, 0.2) is 344 Å². The van der Waals surface area contributed by atoms with E-state index in [1.54, 1.807) is 0 Å². The van der Waals surface area contributed by atoms with E-state index >= 15 is 0 Å². The van der Waals surface area contributed by atoms with Crippen LogP contribution < -0.4 is 5.46 Å². The second kappa shape index (κ2) is 25.5. The van der Waals surface area contributed by atoms with Crippen LogP contribution in [-0.4, -0.2) is 18.3 Å². The maximum atomic E-state index is 6.39. The Morgan fingerprint density at radius 3 is 0.839 bits per heavy atom. The van der Waals surface area contributed by atoms with E-state index < -0.39 is 0 Å². The van der Waals surface area contributed by atoms with Crippen molar-refractivity contribution in [3.05, 3.63) is 366 Å². The van der Waals surface area contributed by atoms with Gasteiger partial charge in [-0.15, -0.1) is 0 Å². The summed E-state index contributed by atoms with van der Waals surface area (Å²) in [6.45, 7) is 18.0. The SMILES string of the molecule is Brc1c2ccccc2c(-c2ccc3ccccc3c2)c2ccccc12.CC1(C)c2cc(-c3c4ccccc4c(-c4ccc5ccccc5c4)c4ccccc34)ccc2-c2cc3c4ccccc4c4ccccc4c3cc21.CC1(C)c2cc(B3OC(C)(C)C(C)(C)O3)ccc2-c2cc3c4ccccc4c4ccccc4c3cc21. The molecule has 0 atom stereocenters. The standard InChI is InChI=1S/C51H34.C33H31BO2.C24H15Br/c1-51(2)47-28-34(25-26-39(47)46-29-44-37-17-7-5-15-35(37)36-16-6-8-18-38(36)45(44)30-48(46)51)50-42-21-11-9-19-40(42)49(41-20-10-12-22-43(41)50)33-24-23-31-13-3-4-14-32(31)27-33;1-31(2)29-17-20(34-35-32(3,4)33(5,6)36-34)15-16-25(29)28-18-26-23-13-9-7-11-21(23)22-12-8-10-14-24(22)27(26)19-30(28)31;25-24-21-11-5-3-9-19(21)23(20-10-4-6-12-22(20)24)18-14-13-16-7-1-2-8-17(16)15-18/h3-30H,1-2H3;7-19H,1-6H3;1-15H. The third-order valence-electron chi connectivity index (χ3n) is 25.8. The molecule has 3 aliphatic rings. The summed E-state index contributed by atoms with van der Waals surface area (Å²) < 4.78 is 14.0. The van der Waals surface area contributed by atoms with E-state index in [0.29, 0.717) is 0 Å². The monoisotopic (exact) mass is 1500 g/mol. The molecular weight excluding hydrogens is 1420 g/mol. The highest BCUT2D eigenvalue weighted by molar-refractivity contribution is 9.10. The van der Waals surface area contributed by atoms with Crippen LogP contribution in [0.2, 0.25) is 0 Å². The van der Waals surface area contributed by atoms with E-state index in [9.17, 15) is 0 Å². The highest BCUT2D eigenvalue weighted by Crippen LogP contribution is 2.56. The maximum absolute atomic E-state index is 6.39. The van der Waals surface area contributed by atoms with Crippen molar-refractivity contribution in [3.63, 3.8) is 0 Å². The summed E-state index contributed by atoms with van der Waals surface area (Å²) in [5.74, 6) is 0. The Kier molecular flexibility index (Phi) is 15.5. The van der Waals surface area contributed by atoms with Gasteiger partial charge in [0.2, 0.25) is 0 Å². The molecule has 20 aromatic carbocycles. The quantitative estimate of drug-likeness (QED) is 0.0993. The lowest BCUT2D eigenvalue weighted by molar-refractivity contribution is 0.00578. The van der Waals surface area contributed by atoms with E-state index in [1.807, 2.05) is 0 Å². The predicted molar refractivity (Wildman–Crippen MR) is 484 cm³/mol. The zero-order valence-corrected chi connectivity index (χ0v) is 65.7. The second-order valence-electron chi connectivity index (χ2n) is 33.2. The molecule has 20 aromatic rings. The van der Waals surface area contributed by atoms with Crippen LogP contribution in [0.3, 0.4) is 0 Å². The van der Waals surface area contributed by atoms with Crippen LogP contribution in [0.4, 0.5) is 0 Å². The fourth-order valence-electron chi connectivity index (χ4n) is 19.4. The highest BCUT2D eigenvalue weighted by atomic mass is 79.9. The first-order valence-corrected chi connectivity index (χ1v) is 40.2. The lowest BCUT2D eigenvalue weighted by Crippen LogP contribution is -2.41. The summed E-state index contributed by atoms with van der Waals surface area (Å²) >= 11 is 3.83. The van der Waals surface area contributed by atoms with E-state index in [1.165, 1.54) is 212 Å². The average molecular weight is 1500 g/mol. The second-order valence-corrected chi connectivity index (χ2v) is 34.0. The van der Waals surface area contributed by atoms with Gasteiger partial charge in [0.05, 0.1) is 11.2 Å². The smallest absolute Gasteiger partial charge is 0.399 e. The van der Waals surface area contributed by atoms with E-state index in [2.05, 4.69) is 411 Å². The Balaban J connectivity index is 0.000000113. The molecule has 23 rings (SSSR count). The Labute approximate surface area is 661 Å². The molecule has 0 radical (unpaired) electrons. The molecule has 534 valence electrons. The van der Waals surface area contributed by atoms with E-state index in [0.717, 1.165) is 5.46 Å². The zero-order chi connectivity index (χ0) is 75.7. The van der Waals surface area contributed by atoms with Crippen molar-refractivity contribution in [3.8, 4) is 55.6 Å². The summed E-state index contributed by atoms with van der Waals surface area (Å²) in [7, 11) is -0.355. The number of hydrogen-bond donors (Lipinski definition) is 0. The molecule has 0 saturated carbocycles. The molecule has 0 bridgehead atoms. The third-order valence-corrected chi connectivity index (χ3v) is 26.6. The minimum atomic E-state index is -0.355. The van der Waals surface area contributed by atoms with Crippen LogP contribution in [0.5, 0.6) is 0 Å². The molecule has 2 aliphatic carbocycles. The van der Waals surface area contributed by atoms with Crippen LogP contribution in [0.1, 0.15) is 77.6 Å². The number of fused-ring (bicyclic) bond motifs is 24. The molecule has 1 aliphatic heterocycles. The number of benzene rings is 20. The van der Waals surface area contributed by atoms with Crippen molar-refractivity contribution in [2.24, 2.45) is 0 Å². The van der Waals surface area contributed by atoms with Crippen molar-refractivity contribution in [1.82, 2.24) is 0 Å². The summed E-state index contributed by atoms with van der Waals surface area (Å²) in [6.07, 6.45) is 0. The van der Waals surface area contributed by atoms with Gasteiger partial charge in [0.1, 0.15) is 0 Å². The van der Waals surface area contributed by atoms with Gasteiger partial charge in [-0.05, 0) is 299 Å². The first kappa shape index (κ1) is 68.0. The van der Waals surface area contributed by atoms with Gasteiger partial charge in [-0.2, -0.15) is 0 Å². The van der Waals surface area contributed by atoms with Crippen LogP contribution in [0, 0.1) is 0 Å². The first-order chi connectivity index (χ1) is 54.5. The zero-order valence-electron chi connectivity index (χ0n) is 64.1. The van der Waals surface area contributed by atoms with Crippen molar-refractivity contribution < 1.29 is 9.31 Å². The van der Waals surface area contributed by atoms with Gasteiger partial charge >= 0.3 is 7.12 Å². The van der Waals surface area contributed by atoms with Gasteiger partial charge in [0.25, 0.3) is 0 Å². The normalized spacial score (nSPS) is 14.8. The highest BCUT2D eigenvalue weighted by Gasteiger charge is 2.52. The third kappa shape index (κ3) is 10.4. The van der Waals surface area contributed by atoms with Gasteiger partial charge in [0.15, 0.2) is 0 Å². The van der Waals surface area contributed by atoms with Gasteiger partial charge in [-0.3, -0.25) is 0 Å². The lowest BCUT2D eigenvalue weighted by Gasteiger charge is -2.32. The van der Waals surface area contributed by atoms with Gasteiger partial charge in [-0.1, -0.05) is 325 Å². The topological polar surface area (TPSA) is 18.5 Å². The summed E-state index contributed by atoms with van der Waals surface area (Å²) in [6, 6.07) is 125. The van der Waals surface area contributed by atoms with Crippen molar-refractivity contribution in [1.29, 1.82) is 0 Å². The Bertz CT molecular complexity index is 7290. The van der Waals surface area contributed by atoms with Crippen molar-refractivity contribution in [2.75, 3.05) is 0 Å². The van der Waals surface area contributed by atoms with Crippen LogP contribution >= 0.6 is 15.9 Å². The molecule has 0 aromatic heterocycles. The maximum Gasteiger partial charge on any atom is 0.494 e. The number of hydrogen-bond acceptors (Lipinski definition) is 2. The Morgan fingerprint density at radius 1 is 0.214 bits per heavy atom. The van der Waals surface area contributed by atoms with Gasteiger partial charge in [-0.25, -0.2) is 0 Å². The molecule has 1 fully saturated rings. The predicted octanol–water partition coefficient (Wildman–Crippen LogP) is 29.6. The summed E-state index contributed by atoms with van der Waals surface area (Å²) in [5, 5.41) is 31.2. The number of halogens is 1. The van der Waals surface area contributed by atoms with E-state index in [4.69, 9.17) is 9.31 Å². The van der Waals surface area contributed by atoms with Crippen LogP contribution in [0.25, 0.3) is 185 Å². The molecule has 112 heavy (non-hydrogen) atoms. The van der Waals surface area contributed by atoms with Crippen molar-refractivity contribution in [2.45, 2.75) is 77.4 Å². The molecule has 0 amide bonds. The molecule has 1 saturated heterocycles. The number of rotatable bonds is 4. The largest absolute Gasteiger partial charge is 0.494 e. The van der Waals surface area contributed by atoms with Gasteiger partial charge < -0.3 is 9.31 Å². The Morgan fingerprint density at radius 2 is 0.473 bits per heavy atom. The molecule has 0 unspecified atom stereocenters. The molecule has 1 heterocycles. The summed E-state index contributed by atoms with van der Waals surface area (Å²) in [4.78, 5) is 0. The summed E-state index contributed by atoms with van der Waals surface area (Å²) in [5.41, 5.74) is 18.7. The van der Waals surface area contributed by atoms with Gasteiger partial charge in [0, 0.05) is 15.3 Å². The fourth-order valence-corrected chi connectivity index (χ4v) is 20.1. The molecule has 4 heteroatoms. The van der Waals surface area contributed by atoms with E-state index in [-0.39, 0.29) is 29.2 Å². The minimum absolute atomic E-state index is 0.120. The molecule has 2 nitrogen and oxygen atoms in total. The first-order valence-electron chi connectivity index (χ1n) is 39.4.